The second-order valence-corrected chi connectivity index (χ2v) is 4.73. The first kappa shape index (κ1) is 14.4. The Bertz CT molecular complexity index is 228. The molecule has 1 amide bonds. The molecule has 4 N–H and O–H groups in total. The molecular formula is C12H25N3O2. The van der Waals surface area contributed by atoms with E-state index in [1.54, 1.807) is 0 Å². The van der Waals surface area contributed by atoms with E-state index in [1.807, 2.05) is 6.92 Å². The van der Waals surface area contributed by atoms with Crippen LogP contribution in [-0.4, -0.2) is 49.7 Å². The van der Waals surface area contributed by atoms with Gasteiger partial charge in [0, 0.05) is 26.1 Å². The highest BCUT2D eigenvalue weighted by atomic mass is 16.5. The number of rotatable bonds is 7. The van der Waals surface area contributed by atoms with Gasteiger partial charge in [-0.05, 0) is 38.8 Å². The summed E-state index contributed by atoms with van der Waals surface area (Å²) in [6.45, 7) is 6.19. The van der Waals surface area contributed by atoms with Crippen LogP contribution in [0.2, 0.25) is 0 Å². The largest absolute Gasteiger partial charge is 0.376 e. The van der Waals surface area contributed by atoms with Crippen LogP contribution < -0.4 is 11.5 Å². The molecule has 0 bridgehead atoms. The highest BCUT2D eigenvalue weighted by Gasteiger charge is 2.22. The third-order valence-corrected chi connectivity index (χ3v) is 3.32. The number of hydrogen-bond acceptors (Lipinski definition) is 4. The van der Waals surface area contributed by atoms with Crippen molar-refractivity contribution in [2.45, 2.75) is 32.3 Å². The molecule has 1 atom stereocenters. The summed E-state index contributed by atoms with van der Waals surface area (Å²) >= 11 is 0. The van der Waals surface area contributed by atoms with Gasteiger partial charge in [-0.1, -0.05) is 0 Å². The molecular weight excluding hydrogens is 218 g/mol. The Morgan fingerprint density at radius 1 is 1.47 bits per heavy atom. The van der Waals surface area contributed by atoms with Crippen molar-refractivity contribution in [3.8, 4) is 0 Å². The van der Waals surface area contributed by atoms with Crippen LogP contribution in [0.5, 0.6) is 0 Å². The zero-order valence-electron chi connectivity index (χ0n) is 10.7. The van der Waals surface area contributed by atoms with Gasteiger partial charge in [0.05, 0.1) is 6.10 Å². The topological polar surface area (TPSA) is 81.6 Å². The zero-order valence-corrected chi connectivity index (χ0v) is 10.7. The van der Waals surface area contributed by atoms with Crippen molar-refractivity contribution in [1.29, 1.82) is 0 Å². The van der Waals surface area contributed by atoms with Gasteiger partial charge >= 0.3 is 0 Å². The van der Waals surface area contributed by atoms with Gasteiger partial charge in [0.15, 0.2) is 0 Å². The molecule has 1 aliphatic rings. The van der Waals surface area contributed by atoms with Crippen LogP contribution in [0.25, 0.3) is 0 Å². The minimum absolute atomic E-state index is 0.132. The summed E-state index contributed by atoms with van der Waals surface area (Å²) in [5.74, 6) is 0.282. The van der Waals surface area contributed by atoms with E-state index in [9.17, 15) is 4.79 Å². The third-order valence-electron chi connectivity index (χ3n) is 3.32. The number of ether oxygens (including phenoxy) is 1. The molecule has 1 heterocycles. The molecule has 0 spiro atoms. The lowest BCUT2D eigenvalue weighted by Crippen LogP contribution is -2.42. The lowest BCUT2D eigenvalue weighted by molar-refractivity contribution is -0.119. The summed E-state index contributed by atoms with van der Waals surface area (Å²) in [5.41, 5.74) is 10.9. The van der Waals surface area contributed by atoms with E-state index in [2.05, 4.69) is 4.90 Å². The van der Waals surface area contributed by atoms with Crippen molar-refractivity contribution in [3.05, 3.63) is 0 Å². The summed E-state index contributed by atoms with van der Waals surface area (Å²) in [6, 6.07) is 0. The van der Waals surface area contributed by atoms with Crippen LogP contribution in [-0.2, 0) is 9.53 Å². The first-order valence-electron chi connectivity index (χ1n) is 6.48. The molecule has 0 aromatic carbocycles. The van der Waals surface area contributed by atoms with E-state index < -0.39 is 0 Å². The minimum Gasteiger partial charge on any atom is -0.376 e. The lowest BCUT2D eigenvalue weighted by atomic mass is 9.93. The molecule has 1 saturated heterocycles. The van der Waals surface area contributed by atoms with E-state index >= 15 is 0 Å². The van der Waals surface area contributed by atoms with Crippen molar-refractivity contribution >= 4 is 5.91 Å². The van der Waals surface area contributed by atoms with Gasteiger partial charge in [0.2, 0.25) is 5.91 Å². The molecule has 100 valence electrons. The van der Waals surface area contributed by atoms with Crippen molar-refractivity contribution in [1.82, 2.24) is 4.90 Å². The third kappa shape index (κ3) is 5.48. The van der Waals surface area contributed by atoms with Crippen LogP contribution in [0.3, 0.4) is 0 Å². The maximum atomic E-state index is 10.8. The Kier molecular flexibility index (Phi) is 6.47. The lowest BCUT2D eigenvalue weighted by Gasteiger charge is -2.33. The molecule has 0 radical (unpaired) electrons. The summed E-state index contributed by atoms with van der Waals surface area (Å²) < 4.78 is 5.54. The standard InChI is InChI=1S/C12H25N3O2/c1-2-17-11(8-13)9-15-5-3-10(4-6-15)7-12(14)16/h10-11H,2-9,13H2,1H3,(H2,14,16). The van der Waals surface area contributed by atoms with Gasteiger partial charge in [-0.2, -0.15) is 0 Å². The van der Waals surface area contributed by atoms with Crippen molar-refractivity contribution in [2.75, 3.05) is 32.8 Å². The van der Waals surface area contributed by atoms with Gasteiger partial charge in [-0.15, -0.1) is 0 Å². The van der Waals surface area contributed by atoms with Crippen LogP contribution in [0.1, 0.15) is 26.2 Å². The Hall–Kier alpha value is -0.650. The second-order valence-electron chi connectivity index (χ2n) is 4.73. The van der Waals surface area contributed by atoms with Crippen LogP contribution >= 0.6 is 0 Å². The van der Waals surface area contributed by atoms with Gasteiger partial charge in [0.25, 0.3) is 0 Å². The predicted molar refractivity (Wildman–Crippen MR) is 67.4 cm³/mol. The van der Waals surface area contributed by atoms with Crippen LogP contribution in [0, 0.1) is 5.92 Å². The summed E-state index contributed by atoms with van der Waals surface area (Å²) in [7, 11) is 0. The van der Waals surface area contributed by atoms with E-state index in [0.717, 1.165) is 32.5 Å². The molecule has 0 aromatic rings. The number of likely N-dealkylation sites (tertiary alicyclic amines) is 1. The maximum absolute atomic E-state index is 10.8. The van der Waals surface area contributed by atoms with Crippen LogP contribution in [0.4, 0.5) is 0 Å². The number of amides is 1. The summed E-state index contributed by atoms with van der Waals surface area (Å²) in [5, 5.41) is 0. The average molecular weight is 243 g/mol. The first-order valence-corrected chi connectivity index (χ1v) is 6.48. The number of piperidine rings is 1. The fourth-order valence-electron chi connectivity index (χ4n) is 2.38. The highest BCUT2D eigenvalue weighted by Crippen LogP contribution is 2.20. The molecule has 5 heteroatoms. The minimum atomic E-state index is -0.183. The van der Waals surface area contributed by atoms with Gasteiger partial charge in [-0.3, -0.25) is 4.79 Å². The monoisotopic (exact) mass is 243 g/mol. The molecule has 0 aliphatic carbocycles. The first-order chi connectivity index (χ1) is 8.15. The molecule has 1 unspecified atom stereocenters. The van der Waals surface area contributed by atoms with E-state index in [0.29, 0.717) is 25.5 Å². The van der Waals surface area contributed by atoms with Gasteiger partial charge in [0.1, 0.15) is 0 Å². The Morgan fingerprint density at radius 2 is 2.12 bits per heavy atom. The van der Waals surface area contributed by atoms with Crippen molar-refractivity contribution < 1.29 is 9.53 Å². The molecule has 5 nitrogen and oxygen atoms in total. The fraction of sp³-hybridized carbons (Fsp3) is 0.917. The summed E-state index contributed by atoms with van der Waals surface area (Å²) in [4.78, 5) is 13.2. The molecule has 17 heavy (non-hydrogen) atoms. The summed E-state index contributed by atoms with van der Waals surface area (Å²) in [6.07, 6.45) is 2.76. The smallest absolute Gasteiger partial charge is 0.217 e. The van der Waals surface area contributed by atoms with Gasteiger partial charge in [-0.25, -0.2) is 0 Å². The van der Waals surface area contributed by atoms with Crippen molar-refractivity contribution in [2.24, 2.45) is 17.4 Å². The molecule has 1 rings (SSSR count). The Morgan fingerprint density at radius 3 is 2.59 bits per heavy atom. The van der Waals surface area contributed by atoms with E-state index in [-0.39, 0.29) is 12.0 Å². The predicted octanol–water partition coefficient (Wildman–Crippen LogP) is -0.0624. The SMILES string of the molecule is CCOC(CN)CN1CCC(CC(N)=O)CC1. The Labute approximate surface area is 103 Å². The number of carbonyl (C=O) groups excluding carboxylic acids is 1. The second kappa shape index (κ2) is 7.63. The molecule has 0 aromatic heterocycles. The number of nitrogens with two attached hydrogens (primary N) is 2. The molecule has 1 fully saturated rings. The number of primary amides is 1. The number of carbonyl (C=O) groups is 1. The van der Waals surface area contributed by atoms with E-state index in [1.165, 1.54) is 0 Å². The van der Waals surface area contributed by atoms with Gasteiger partial charge < -0.3 is 21.1 Å². The number of nitrogens with zero attached hydrogens (tertiary/aromatic N) is 1. The number of hydrogen-bond donors (Lipinski definition) is 2. The molecule has 1 aliphatic heterocycles. The fourth-order valence-corrected chi connectivity index (χ4v) is 2.38. The van der Waals surface area contributed by atoms with Crippen LogP contribution in [0.15, 0.2) is 0 Å². The Balaban J connectivity index is 2.24. The maximum Gasteiger partial charge on any atom is 0.217 e. The average Bonchev–Trinajstić information content (AvgIpc) is 2.30. The molecule has 0 saturated carbocycles. The van der Waals surface area contributed by atoms with E-state index in [4.69, 9.17) is 16.2 Å². The normalized spacial score (nSPS) is 20.4. The highest BCUT2D eigenvalue weighted by molar-refractivity contribution is 5.73. The van der Waals surface area contributed by atoms with Crippen molar-refractivity contribution in [3.63, 3.8) is 0 Å². The zero-order chi connectivity index (χ0) is 12.7. The quantitative estimate of drug-likeness (QED) is 0.656.